The molecule has 80 valence electrons. The summed E-state index contributed by atoms with van der Waals surface area (Å²) >= 11 is 0. The van der Waals surface area contributed by atoms with Crippen LogP contribution in [0.25, 0.3) is 0 Å². The van der Waals surface area contributed by atoms with Gasteiger partial charge < -0.3 is 14.4 Å². The average molecular weight is 189 g/mol. The molecule has 0 atom stereocenters. The summed E-state index contributed by atoms with van der Waals surface area (Å²) in [5.74, 6) is 0. The van der Waals surface area contributed by atoms with Crippen LogP contribution in [0.2, 0.25) is 0 Å². The third-order valence-electron chi connectivity index (χ3n) is 1.36. The maximum atomic E-state index is 5.61. The Bertz CT molecular complexity index is 100. The maximum Gasteiger partial charge on any atom is 0.170 e. The Kier molecular flexibility index (Phi) is 6.29. The van der Waals surface area contributed by atoms with Crippen LogP contribution in [0.3, 0.4) is 0 Å². The molecule has 0 aromatic heterocycles. The number of nitrogens with zero attached hydrogens (tertiary/aromatic N) is 1. The quantitative estimate of drug-likeness (QED) is 0.594. The van der Waals surface area contributed by atoms with Crippen LogP contribution < -0.4 is 0 Å². The summed E-state index contributed by atoms with van der Waals surface area (Å²) in [6.45, 7) is 8.88. The molecule has 0 radical (unpaired) electrons. The molecule has 0 saturated heterocycles. The van der Waals surface area contributed by atoms with Gasteiger partial charge in [0.1, 0.15) is 0 Å². The molecule has 0 heterocycles. The van der Waals surface area contributed by atoms with E-state index in [1.807, 2.05) is 41.8 Å². The molecule has 0 rings (SSSR count). The van der Waals surface area contributed by atoms with Crippen molar-refractivity contribution in [1.29, 1.82) is 0 Å². The summed E-state index contributed by atoms with van der Waals surface area (Å²) in [5, 5.41) is 0. The highest BCUT2D eigenvalue weighted by molar-refractivity contribution is 4.53. The second-order valence-corrected chi connectivity index (χ2v) is 4.06. The van der Waals surface area contributed by atoms with Gasteiger partial charge in [-0.3, -0.25) is 0 Å². The Balaban J connectivity index is 3.87. The van der Waals surface area contributed by atoms with E-state index in [1.54, 1.807) is 0 Å². The first-order valence-corrected chi connectivity index (χ1v) is 4.87. The Hall–Kier alpha value is -0.120. The van der Waals surface area contributed by atoms with Gasteiger partial charge >= 0.3 is 0 Å². The molecule has 0 unspecified atom stereocenters. The van der Waals surface area contributed by atoms with Crippen molar-refractivity contribution in [2.24, 2.45) is 0 Å². The van der Waals surface area contributed by atoms with Gasteiger partial charge in [0.2, 0.25) is 0 Å². The lowest BCUT2D eigenvalue weighted by Gasteiger charge is -2.25. The van der Waals surface area contributed by atoms with Gasteiger partial charge in [0.15, 0.2) is 6.29 Å². The van der Waals surface area contributed by atoms with Crippen molar-refractivity contribution < 1.29 is 9.47 Å². The van der Waals surface area contributed by atoms with Gasteiger partial charge in [0, 0.05) is 6.54 Å². The predicted molar refractivity (Wildman–Crippen MR) is 54.8 cm³/mol. The van der Waals surface area contributed by atoms with E-state index in [1.165, 1.54) is 0 Å². The minimum absolute atomic E-state index is 0.116. The van der Waals surface area contributed by atoms with E-state index in [4.69, 9.17) is 9.47 Å². The fraction of sp³-hybridized carbons (Fsp3) is 1.00. The Morgan fingerprint density at radius 2 is 1.31 bits per heavy atom. The van der Waals surface area contributed by atoms with Crippen molar-refractivity contribution in [1.82, 2.24) is 4.90 Å². The summed E-state index contributed by atoms with van der Waals surface area (Å²) in [4.78, 5) is 2.06. The van der Waals surface area contributed by atoms with E-state index in [-0.39, 0.29) is 18.5 Å². The summed E-state index contributed by atoms with van der Waals surface area (Å²) in [6.07, 6.45) is 0.308. The first-order valence-electron chi connectivity index (χ1n) is 4.87. The number of hydrogen-bond donors (Lipinski definition) is 0. The fourth-order valence-corrected chi connectivity index (χ4v) is 1.02. The molecule has 0 aliphatic carbocycles. The molecule has 0 aromatic carbocycles. The van der Waals surface area contributed by atoms with Gasteiger partial charge in [-0.1, -0.05) is 0 Å². The van der Waals surface area contributed by atoms with E-state index < -0.39 is 0 Å². The van der Waals surface area contributed by atoms with E-state index >= 15 is 0 Å². The lowest BCUT2D eigenvalue weighted by atomic mass is 10.4. The molecule has 0 saturated carbocycles. The lowest BCUT2D eigenvalue weighted by molar-refractivity contribution is -0.186. The molecule has 0 amide bonds. The number of ether oxygens (including phenoxy) is 2. The Morgan fingerprint density at radius 1 is 0.923 bits per heavy atom. The zero-order valence-corrected chi connectivity index (χ0v) is 9.70. The third-order valence-corrected chi connectivity index (χ3v) is 1.36. The molecule has 0 fully saturated rings. The van der Waals surface area contributed by atoms with Gasteiger partial charge in [0.25, 0.3) is 0 Å². The fourth-order valence-electron chi connectivity index (χ4n) is 1.02. The summed E-state index contributed by atoms with van der Waals surface area (Å²) in [5.41, 5.74) is 0. The zero-order chi connectivity index (χ0) is 10.4. The molecular formula is C10H23NO2. The van der Waals surface area contributed by atoms with Gasteiger partial charge in [-0.15, -0.1) is 0 Å². The maximum absolute atomic E-state index is 5.61. The van der Waals surface area contributed by atoms with Crippen LogP contribution in [-0.4, -0.2) is 44.0 Å². The van der Waals surface area contributed by atoms with Crippen LogP contribution in [-0.2, 0) is 9.47 Å². The molecule has 0 N–H and O–H groups in total. The smallest absolute Gasteiger partial charge is 0.170 e. The highest BCUT2D eigenvalue weighted by Gasteiger charge is 2.13. The topological polar surface area (TPSA) is 21.7 Å². The molecule has 3 nitrogen and oxygen atoms in total. The normalized spacial score (nSPS) is 12.5. The van der Waals surface area contributed by atoms with E-state index in [0.717, 1.165) is 6.54 Å². The van der Waals surface area contributed by atoms with Gasteiger partial charge in [-0.05, 0) is 41.8 Å². The van der Waals surface area contributed by atoms with Crippen LogP contribution in [0.1, 0.15) is 27.7 Å². The molecular weight excluding hydrogens is 166 g/mol. The van der Waals surface area contributed by atoms with Crippen molar-refractivity contribution in [2.75, 3.05) is 20.6 Å². The molecule has 0 aliphatic rings. The van der Waals surface area contributed by atoms with Crippen molar-refractivity contribution in [3.05, 3.63) is 0 Å². The summed E-state index contributed by atoms with van der Waals surface area (Å²) in [6, 6.07) is 0. The number of likely N-dealkylation sites (N-methyl/N-ethyl adjacent to an activating group) is 1. The molecule has 0 aliphatic heterocycles. The van der Waals surface area contributed by atoms with Crippen molar-refractivity contribution in [2.45, 2.75) is 46.2 Å². The van der Waals surface area contributed by atoms with Gasteiger partial charge in [-0.2, -0.15) is 0 Å². The lowest BCUT2D eigenvalue weighted by Crippen LogP contribution is -2.34. The first kappa shape index (κ1) is 12.9. The second-order valence-electron chi connectivity index (χ2n) is 4.06. The van der Waals surface area contributed by atoms with Crippen LogP contribution >= 0.6 is 0 Å². The minimum atomic E-state index is -0.116. The average Bonchev–Trinajstić information content (AvgIpc) is 1.80. The predicted octanol–water partition coefficient (Wildman–Crippen LogP) is 1.72. The highest BCUT2D eigenvalue weighted by Crippen LogP contribution is 2.04. The van der Waals surface area contributed by atoms with E-state index in [2.05, 4.69) is 4.90 Å². The van der Waals surface area contributed by atoms with Gasteiger partial charge in [0.05, 0.1) is 12.2 Å². The second kappa shape index (κ2) is 6.35. The Morgan fingerprint density at radius 3 is 1.54 bits per heavy atom. The minimum Gasteiger partial charge on any atom is -0.349 e. The van der Waals surface area contributed by atoms with Crippen LogP contribution in [0.4, 0.5) is 0 Å². The SMILES string of the molecule is CC(C)OC(CN(C)C)OC(C)C. The third kappa shape index (κ3) is 8.22. The summed E-state index contributed by atoms with van der Waals surface area (Å²) in [7, 11) is 4.03. The van der Waals surface area contributed by atoms with Crippen LogP contribution in [0.5, 0.6) is 0 Å². The highest BCUT2D eigenvalue weighted by atomic mass is 16.7. The van der Waals surface area contributed by atoms with E-state index in [9.17, 15) is 0 Å². The molecule has 0 aromatic rings. The van der Waals surface area contributed by atoms with Gasteiger partial charge in [-0.25, -0.2) is 0 Å². The molecule has 13 heavy (non-hydrogen) atoms. The monoisotopic (exact) mass is 189 g/mol. The van der Waals surface area contributed by atoms with Crippen molar-refractivity contribution in [3.8, 4) is 0 Å². The molecule has 3 heteroatoms. The van der Waals surface area contributed by atoms with Crippen LogP contribution in [0, 0.1) is 0 Å². The van der Waals surface area contributed by atoms with Crippen molar-refractivity contribution >= 4 is 0 Å². The summed E-state index contributed by atoms with van der Waals surface area (Å²) < 4.78 is 11.2. The first-order chi connectivity index (χ1) is 5.91. The zero-order valence-electron chi connectivity index (χ0n) is 9.70. The largest absolute Gasteiger partial charge is 0.349 e. The van der Waals surface area contributed by atoms with Crippen LogP contribution in [0.15, 0.2) is 0 Å². The van der Waals surface area contributed by atoms with E-state index in [0.29, 0.717) is 0 Å². The number of rotatable bonds is 6. The standard InChI is InChI=1S/C10H23NO2/c1-8(2)12-10(7-11(5)6)13-9(3)4/h8-10H,7H2,1-6H3. The van der Waals surface area contributed by atoms with Crippen molar-refractivity contribution in [3.63, 3.8) is 0 Å². The molecule has 0 bridgehead atoms. The Labute approximate surface area is 82.0 Å². The molecule has 0 spiro atoms. The number of hydrogen-bond acceptors (Lipinski definition) is 3.